The third-order valence-corrected chi connectivity index (χ3v) is 7.47. The van der Waals surface area contributed by atoms with Crippen LogP contribution in [0.4, 0.5) is 5.69 Å². The predicted octanol–water partition coefficient (Wildman–Crippen LogP) is 6.30. The van der Waals surface area contributed by atoms with Gasteiger partial charge in [0.2, 0.25) is 5.91 Å². The zero-order valence-corrected chi connectivity index (χ0v) is 19.6. The van der Waals surface area contributed by atoms with E-state index in [0.29, 0.717) is 0 Å². The van der Waals surface area contributed by atoms with Crippen molar-refractivity contribution in [3.63, 3.8) is 0 Å². The molecule has 0 saturated heterocycles. The number of halogens is 1. The average molecular weight is 448 g/mol. The number of aromatic amines is 1. The second-order valence-electron chi connectivity index (χ2n) is 9.38. The molecule has 166 valence electrons. The molecule has 1 unspecified atom stereocenters. The van der Waals surface area contributed by atoms with Gasteiger partial charge in [-0.05, 0) is 69.0 Å². The van der Waals surface area contributed by atoms with Crippen molar-refractivity contribution in [1.29, 1.82) is 0 Å². The van der Waals surface area contributed by atoms with Crippen LogP contribution < -0.4 is 5.32 Å². The van der Waals surface area contributed by atoms with Gasteiger partial charge in [0.15, 0.2) is 0 Å². The number of amides is 1. The first kappa shape index (κ1) is 21.3. The Bertz CT molecular complexity index is 1210. The molecule has 5 rings (SSSR count). The van der Waals surface area contributed by atoms with Gasteiger partial charge in [0.05, 0.1) is 5.41 Å². The van der Waals surface area contributed by atoms with Crippen LogP contribution in [0, 0.1) is 6.92 Å². The number of rotatable bonds is 6. The van der Waals surface area contributed by atoms with Crippen LogP contribution in [0.2, 0.25) is 5.02 Å². The molecule has 3 heterocycles. The summed E-state index contributed by atoms with van der Waals surface area (Å²) < 4.78 is 0. The van der Waals surface area contributed by atoms with E-state index in [1.165, 1.54) is 22.2 Å². The summed E-state index contributed by atoms with van der Waals surface area (Å²) in [5.41, 5.74) is 6.81. The van der Waals surface area contributed by atoms with Gasteiger partial charge in [0, 0.05) is 46.0 Å². The minimum atomic E-state index is -0.401. The quantitative estimate of drug-likeness (QED) is 0.435. The van der Waals surface area contributed by atoms with Crippen LogP contribution in [-0.2, 0) is 10.2 Å². The number of H-pyrrole nitrogens is 1. The number of carbonyl (C=O) groups excluding carboxylic acids is 1. The Balaban J connectivity index is 1.18. The van der Waals surface area contributed by atoms with Crippen LogP contribution in [0.5, 0.6) is 0 Å². The lowest BCUT2D eigenvalue weighted by molar-refractivity contribution is -0.120. The van der Waals surface area contributed by atoms with Gasteiger partial charge in [-0.3, -0.25) is 9.69 Å². The Labute approximate surface area is 194 Å². The zero-order valence-electron chi connectivity index (χ0n) is 18.8. The summed E-state index contributed by atoms with van der Waals surface area (Å²) in [5, 5.41) is 5.07. The van der Waals surface area contributed by atoms with E-state index in [4.69, 9.17) is 11.6 Å². The maximum Gasteiger partial charge on any atom is 0.234 e. The van der Waals surface area contributed by atoms with Crippen molar-refractivity contribution in [2.75, 3.05) is 25.0 Å². The molecule has 2 aliphatic heterocycles. The normalized spacial score (nSPS) is 21.0. The van der Waals surface area contributed by atoms with E-state index in [1.54, 1.807) is 0 Å². The number of aryl methyl sites for hydroxylation is 1. The Morgan fingerprint density at radius 2 is 2.00 bits per heavy atom. The first-order valence-electron chi connectivity index (χ1n) is 11.6. The summed E-state index contributed by atoms with van der Waals surface area (Å²) in [5.74, 6) is 0.139. The molecule has 3 aromatic rings. The number of hydrogen-bond donors (Lipinski definition) is 2. The first-order valence-corrected chi connectivity index (χ1v) is 11.9. The molecule has 1 amide bonds. The molecule has 2 aliphatic rings. The van der Waals surface area contributed by atoms with Crippen molar-refractivity contribution in [1.82, 2.24) is 9.88 Å². The number of aromatic nitrogens is 1. The summed E-state index contributed by atoms with van der Waals surface area (Å²) in [6.07, 6.45) is 6.49. The fourth-order valence-electron chi connectivity index (χ4n) is 5.38. The average Bonchev–Trinajstić information content (AvgIpc) is 3.24. The maximum atomic E-state index is 12.6. The number of para-hydroxylation sites is 1. The molecule has 0 saturated carbocycles. The Morgan fingerprint density at radius 1 is 1.16 bits per heavy atom. The lowest BCUT2D eigenvalue weighted by Gasteiger charge is -2.27. The standard InChI is InChI=1S/C27H30ClN3O/c1-18-25(21-10-9-20(28)17-24(21)29-18)19-11-15-31(16-12-19)14-6-5-13-27(2)22-7-3-4-8-23(22)30-26(27)32/h3-4,7-11,17,29H,5-6,12-16H2,1-2H3,(H,30,32). The van der Waals surface area contributed by atoms with E-state index in [1.807, 2.05) is 30.3 Å². The Hall–Kier alpha value is -2.56. The minimum Gasteiger partial charge on any atom is -0.358 e. The molecule has 0 bridgehead atoms. The molecule has 0 spiro atoms. The first-order chi connectivity index (χ1) is 15.5. The van der Waals surface area contributed by atoms with E-state index < -0.39 is 5.41 Å². The van der Waals surface area contributed by atoms with Crippen LogP contribution in [0.25, 0.3) is 16.5 Å². The van der Waals surface area contributed by atoms with Crippen LogP contribution in [0.3, 0.4) is 0 Å². The highest BCUT2D eigenvalue weighted by Gasteiger charge is 2.41. The fraction of sp³-hybridized carbons (Fsp3) is 0.370. The number of benzene rings is 2. The smallest absolute Gasteiger partial charge is 0.234 e. The van der Waals surface area contributed by atoms with Crippen LogP contribution >= 0.6 is 11.6 Å². The minimum absolute atomic E-state index is 0.139. The summed E-state index contributed by atoms with van der Waals surface area (Å²) in [6, 6.07) is 14.2. The van der Waals surface area contributed by atoms with Crippen molar-refractivity contribution >= 4 is 39.7 Å². The molecule has 1 aromatic heterocycles. The lowest BCUT2D eigenvalue weighted by Crippen LogP contribution is -2.32. The summed E-state index contributed by atoms with van der Waals surface area (Å²) in [6.45, 7) is 7.36. The highest BCUT2D eigenvalue weighted by molar-refractivity contribution is 6.31. The molecule has 0 fully saturated rings. The van der Waals surface area contributed by atoms with Gasteiger partial charge in [0.1, 0.15) is 0 Å². The van der Waals surface area contributed by atoms with Gasteiger partial charge in [-0.25, -0.2) is 0 Å². The van der Waals surface area contributed by atoms with E-state index in [2.05, 4.69) is 47.3 Å². The zero-order chi connectivity index (χ0) is 22.3. The third-order valence-electron chi connectivity index (χ3n) is 7.23. The second kappa shape index (κ2) is 8.42. The number of carbonyl (C=O) groups is 1. The van der Waals surface area contributed by atoms with Crippen molar-refractivity contribution in [2.24, 2.45) is 0 Å². The Morgan fingerprint density at radius 3 is 2.81 bits per heavy atom. The number of nitrogens with one attached hydrogen (secondary N) is 2. The van der Waals surface area contributed by atoms with Gasteiger partial charge in [-0.2, -0.15) is 0 Å². The number of fused-ring (bicyclic) bond motifs is 2. The van der Waals surface area contributed by atoms with Crippen LogP contribution in [0.1, 0.15) is 49.4 Å². The van der Waals surface area contributed by atoms with Crippen molar-refractivity contribution in [2.45, 2.75) is 44.9 Å². The van der Waals surface area contributed by atoms with Gasteiger partial charge in [-0.1, -0.05) is 48.4 Å². The lowest BCUT2D eigenvalue weighted by atomic mass is 9.79. The van der Waals surface area contributed by atoms with E-state index in [-0.39, 0.29) is 5.91 Å². The molecule has 0 radical (unpaired) electrons. The maximum absolute atomic E-state index is 12.6. The SMILES string of the molecule is Cc1[nH]c2cc(Cl)ccc2c1C1=CCN(CCCCC2(C)C(=O)Nc3ccccc32)CC1. The molecule has 0 aliphatic carbocycles. The number of anilines is 1. The largest absolute Gasteiger partial charge is 0.358 e. The third kappa shape index (κ3) is 3.76. The molecular formula is C27H30ClN3O. The summed E-state index contributed by atoms with van der Waals surface area (Å²) >= 11 is 6.17. The topological polar surface area (TPSA) is 48.1 Å². The van der Waals surface area contributed by atoms with Gasteiger partial charge < -0.3 is 10.3 Å². The van der Waals surface area contributed by atoms with E-state index >= 15 is 0 Å². The molecule has 2 aromatic carbocycles. The van der Waals surface area contributed by atoms with Gasteiger partial charge in [-0.15, -0.1) is 0 Å². The molecule has 5 heteroatoms. The second-order valence-corrected chi connectivity index (χ2v) is 9.82. The highest BCUT2D eigenvalue weighted by Crippen LogP contribution is 2.41. The highest BCUT2D eigenvalue weighted by atomic mass is 35.5. The fourth-order valence-corrected chi connectivity index (χ4v) is 5.55. The van der Waals surface area contributed by atoms with Crippen molar-refractivity contribution < 1.29 is 4.79 Å². The summed E-state index contributed by atoms with van der Waals surface area (Å²) in [4.78, 5) is 18.6. The molecule has 4 nitrogen and oxygen atoms in total. The van der Waals surface area contributed by atoms with Gasteiger partial charge >= 0.3 is 0 Å². The number of nitrogens with zero attached hydrogens (tertiary/aromatic N) is 1. The van der Waals surface area contributed by atoms with Crippen LogP contribution in [-0.4, -0.2) is 35.4 Å². The molecule has 2 N–H and O–H groups in total. The predicted molar refractivity (Wildman–Crippen MR) is 133 cm³/mol. The number of unbranched alkanes of at least 4 members (excludes halogenated alkanes) is 1. The molecule has 32 heavy (non-hydrogen) atoms. The summed E-state index contributed by atoms with van der Waals surface area (Å²) in [7, 11) is 0. The van der Waals surface area contributed by atoms with Crippen molar-refractivity contribution in [3.8, 4) is 0 Å². The molecule has 1 atom stereocenters. The molecular weight excluding hydrogens is 418 g/mol. The van der Waals surface area contributed by atoms with E-state index in [0.717, 1.165) is 67.1 Å². The monoisotopic (exact) mass is 447 g/mol. The van der Waals surface area contributed by atoms with E-state index in [9.17, 15) is 4.79 Å². The number of hydrogen-bond acceptors (Lipinski definition) is 2. The van der Waals surface area contributed by atoms with Gasteiger partial charge in [0.25, 0.3) is 0 Å². The van der Waals surface area contributed by atoms with Crippen LogP contribution in [0.15, 0.2) is 48.5 Å². The van der Waals surface area contributed by atoms with Crippen molar-refractivity contribution in [3.05, 3.63) is 70.4 Å². The Kier molecular flexibility index (Phi) is 5.60.